The van der Waals surface area contributed by atoms with Gasteiger partial charge in [-0.25, -0.2) is 0 Å². The average molecular weight is 359 g/mol. The van der Waals surface area contributed by atoms with E-state index in [4.69, 9.17) is 4.74 Å². The largest absolute Gasteiger partial charge is 0.365 e. The first-order chi connectivity index (χ1) is 13.1. The van der Waals surface area contributed by atoms with E-state index in [-0.39, 0.29) is 17.4 Å². The zero-order valence-corrected chi connectivity index (χ0v) is 16.0. The van der Waals surface area contributed by atoms with E-state index in [9.17, 15) is 4.79 Å². The van der Waals surface area contributed by atoms with Crippen LogP contribution in [0.2, 0.25) is 0 Å². The topological polar surface area (TPSA) is 29.5 Å². The van der Waals surface area contributed by atoms with Crippen molar-refractivity contribution in [1.82, 2.24) is 4.90 Å². The Morgan fingerprint density at radius 3 is 2.63 bits per heavy atom. The highest BCUT2D eigenvalue weighted by Crippen LogP contribution is 2.47. The number of hydrogen-bond donors (Lipinski definition) is 0. The number of benzene rings is 2. The first kappa shape index (κ1) is 16.8. The van der Waals surface area contributed by atoms with Crippen molar-refractivity contribution < 1.29 is 9.53 Å². The number of amides is 1. The number of fused-ring (bicyclic) bond motifs is 3. The molecule has 2 aromatic rings. The summed E-state index contributed by atoms with van der Waals surface area (Å²) in [6, 6.07) is 16.9. The van der Waals surface area contributed by atoms with Crippen molar-refractivity contribution in [2.75, 3.05) is 13.1 Å². The fourth-order valence-corrected chi connectivity index (χ4v) is 5.21. The monoisotopic (exact) mass is 359 g/mol. The molecule has 3 heteroatoms. The van der Waals surface area contributed by atoms with Crippen molar-refractivity contribution in [3.8, 4) is 0 Å². The molecule has 1 saturated heterocycles. The lowest BCUT2D eigenvalue weighted by Gasteiger charge is -2.44. The van der Waals surface area contributed by atoms with Gasteiger partial charge in [0.1, 0.15) is 0 Å². The van der Waals surface area contributed by atoms with Crippen LogP contribution >= 0.6 is 0 Å². The summed E-state index contributed by atoms with van der Waals surface area (Å²) in [4.78, 5) is 15.3. The molecule has 0 saturated carbocycles. The molecule has 1 amide bonds. The third kappa shape index (κ3) is 2.41. The van der Waals surface area contributed by atoms with Gasteiger partial charge in [0.05, 0.1) is 12.2 Å². The Bertz CT molecular complexity index is 960. The molecule has 0 aromatic heterocycles. The van der Waals surface area contributed by atoms with E-state index in [2.05, 4.69) is 62.4 Å². The molecule has 2 aliphatic heterocycles. The lowest BCUT2D eigenvalue weighted by atomic mass is 9.76. The molecule has 5 rings (SSSR count). The number of nitrogens with zero attached hydrogens (tertiary/aromatic N) is 1. The average Bonchev–Trinajstić information content (AvgIpc) is 3.23. The lowest BCUT2D eigenvalue weighted by Crippen LogP contribution is -2.51. The van der Waals surface area contributed by atoms with Crippen LogP contribution in [0.4, 0.5) is 0 Å². The standard InChI is InChI=1S/C24H25NO2/c1-16-14-25(12-11-24(16)22-10-6-4-8-19(22)15-27-24)23(26)21-13-18-7-3-5-9-20(18)17(21)2/h3-10,16H,11-15H2,1-2H3. The van der Waals surface area contributed by atoms with Crippen LogP contribution in [-0.2, 0) is 28.2 Å². The highest BCUT2D eigenvalue weighted by Gasteiger charge is 2.48. The Labute approximate surface area is 160 Å². The number of hydrogen-bond acceptors (Lipinski definition) is 2. The molecule has 3 aliphatic rings. The van der Waals surface area contributed by atoms with Gasteiger partial charge < -0.3 is 9.64 Å². The fraction of sp³-hybridized carbons (Fsp3) is 0.375. The number of likely N-dealkylation sites (tertiary alicyclic amines) is 1. The zero-order chi connectivity index (χ0) is 18.6. The number of piperidine rings is 1. The molecule has 1 fully saturated rings. The highest BCUT2D eigenvalue weighted by molar-refractivity contribution is 6.03. The van der Waals surface area contributed by atoms with E-state index in [0.29, 0.717) is 6.61 Å². The molecule has 2 unspecified atom stereocenters. The van der Waals surface area contributed by atoms with E-state index in [1.54, 1.807) is 0 Å². The zero-order valence-electron chi connectivity index (χ0n) is 16.0. The lowest BCUT2D eigenvalue weighted by molar-refractivity contribution is -0.143. The number of ether oxygens (including phenoxy) is 1. The maximum atomic E-state index is 13.3. The van der Waals surface area contributed by atoms with E-state index < -0.39 is 0 Å². The van der Waals surface area contributed by atoms with Gasteiger partial charge in [0.2, 0.25) is 5.91 Å². The van der Waals surface area contributed by atoms with Gasteiger partial charge in [-0.3, -0.25) is 4.79 Å². The number of rotatable bonds is 1. The first-order valence-electron chi connectivity index (χ1n) is 9.90. The predicted octanol–water partition coefficient (Wildman–Crippen LogP) is 4.31. The highest BCUT2D eigenvalue weighted by atomic mass is 16.5. The van der Waals surface area contributed by atoms with Crippen LogP contribution in [0, 0.1) is 5.92 Å². The smallest absolute Gasteiger partial charge is 0.250 e. The number of carbonyl (C=O) groups excluding carboxylic acids is 1. The van der Waals surface area contributed by atoms with Crippen LogP contribution in [0.15, 0.2) is 54.1 Å². The third-order valence-electron chi connectivity index (χ3n) is 6.79. The molecule has 2 aromatic carbocycles. The van der Waals surface area contributed by atoms with Crippen molar-refractivity contribution >= 4 is 11.5 Å². The van der Waals surface area contributed by atoms with Crippen molar-refractivity contribution in [3.05, 3.63) is 76.4 Å². The first-order valence-corrected chi connectivity index (χ1v) is 9.90. The molecular weight excluding hydrogens is 334 g/mol. The van der Waals surface area contributed by atoms with Crippen molar-refractivity contribution in [2.24, 2.45) is 5.92 Å². The van der Waals surface area contributed by atoms with Crippen molar-refractivity contribution in [1.29, 1.82) is 0 Å². The van der Waals surface area contributed by atoms with Gasteiger partial charge in [0.15, 0.2) is 0 Å². The Morgan fingerprint density at radius 1 is 1.11 bits per heavy atom. The van der Waals surface area contributed by atoms with Gasteiger partial charge in [-0.05, 0) is 41.2 Å². The van der Waals surface area contributed by atoms with Crippen LogP contribution < -0.4 is 0 Å². The van der Waals surface area contributed by atoms with Crippen molar-refractivity contribution in [3.63, 3.8) is 0 Å². The van der Waals surface area contributed by atoms with Gasteiger partial charge in [0, 0.05) is 31.0 Å². The minimum atomic E-state index is -0.227. The van der Waals surface area contributed by atoms with Gasteiger partial charge >= 0.3 is 0 Å². The molecule has 27 heavy (non-hydrogen) atoms. The molecular formula is C24H25NO2. The summed E-state index contributed by atoms with van der Waals surface area (Å²) in [5.74, 6) is 0.486. The predicted molar refractivity (Wildman–Crippen MR) is 106 cm³/mol. The van der Waals surface area contributed by atoms with Crippen LogP contribution in [0.5, 0.6) is 0 Å². The van der Waals surface area contributed by atoms with Gasteiger partial charge in [-0.2, -0.15) is 0 Å². The number of carbonyl (C=O) groups is 1. The molecule has 3 nitrogen and oxygen atoms in total. The van der Waals surface area contributed by atoms with Crippen molar-refractivity contribution in [2.45, 2.75) is 38.9 Å². The second-order valence-corrected chi connectivity index (χ2v) is 8.18. The Morgan fingerprint density at radius 2 is 1.85 bits per heavy atom. The Balaban J connectivity index is 1.38. The van der Waals surface area contributed by atoms with Gasteiger partial charge in [-0.1, -0.05) is 55.5 Å². The second-order valence-electron chi connectivity index (χ2n) is 8.18. The summed E-state index contributed by atoms with van der Waals surface area (Å²) >= 11 is 0. The summed E-state index contributed by atoms with van der Waals surface area (Å²) in [5.41, 5.74) is 7.01. The summed E-state index contributed by atoms with van der Waals surface area (Å²) in [6.07, 6.45) is 1.63. The minimum Gasteiger partial charge on any atom is -0.365 e. The Hall–Kier alpha value is -2.39. The van der Waals surface area contributed by atoms with E-state index in [0.717, 1.165) is 37.1 Å². The molecule has 2 heterocycles. The fourth-order valence-electron chi connectivity index (χ4n) is 5.21. The van der Waals surface area contributed by atoms with E-state index in [1.807, 2.05) is 4.90 Å². The maximum absolute atomic E-state index is 13.3. The summed E-state index contributed by atoms with van der Waals surface area (Å²) in [7, 11) is 0. The summed E-state index contributed by atoms with van der Waals surface area (Å²) in [5, 5.41) is 0. The maximum Gasteiger partial charge on any atom is 0.250 e. The minimum absolute atomic E-state index is 0.205. The van der Waals surface area contributed by atoms with E-state index in [1.165, 1.54) is 22.3 Å². The quantitative estimate of drug-likeness (QED) is 0.759. The van der Waals surface area contributed by atoms with Gasteiger partial charge in [-0.15, -0.1) is 0 Å². The molecule has 1 aliphatic carbocycles. The molecule has 0 radical (unpaired) electrons. The second kappa shape index (κ2) is 6.07. The Kier molecular flexibility index (Phi) is 3.76. The molecule has 138 valence electrons. The SMILES string of the molecule is CC1=C(C(=O)N2CCC3(OCc4ccccc43)C(C)C2)Cc2ccccc21. The summed E-state index contributed by atoms with van der Waals surface area (Å²) in [6.45, 7) is 6.51. The molecule has 1 spiro atoms. The van der Waals surface area contributed by atoms with Gasteiger partial charge in [0.25, 0.3) is 0 Å². The van der Waals surface area contributed by atoms with Crippen LogP contribution in [0.1, 0.15) is 42.5 Å². The molecule has 0 bridgehead atoms. The van der Waals surface area contributed by atoms with Crippen LogP contribution in [0.25, 0.3) is 5.57 Å². The van der Waals surface area contributed by atoms with Crippen LogP contribution in [-0.4, -0.2) is 23.9 Å². The van der Waals surface area contributed by atoms with E-state index >= 15 is 0 Å². The molecule has 2 atom stereocenters. The molecule has 0 N–H and O–H groups in total. The third-order valence-corrected chi connectivity index (χ3v) is 6.79. The van der Waals surface area contributed by atoms with Crippen LogP contribution in [0.3, 0.4) is 0 Å². The summed E-state index contributed by atoms with van der Waals surface area (Å²) < 4.78 is 6.34. The normalized spacial score (nSPS) is 26.4. The number of allylic oxidation sites excluding steroid dienone is 1.